The Morgan fingerprint density at radius 1 is 0.720 bits per heavy atom. The molecule has 0 atom stereocenters. The molecule has 0 fully saturated rings. The lowest BCUT2D eigenvalue weighted by Gasteiger charge is -2.20. The number of nitrogens with one attached hydrogen (secondary N) is 2. The lowest BCUT2D eigenvalue weighted by molar-refractivity contribution is 0.250. The number of carbonyl (C=O) groups is 1. The lowest BCUT2D eigenvalue weighted by Crippen LogP contribution is -2.33. The van der Waals surface area contributed by atoms with E-state index in [1.807, 2.05) is 60.7 Å². The highest BCUT2D eigenvalue weighted by Crippen LogP contribution is 2.30. The van der Waals surface area contributed by atoms with Gasteiger partial charge in [-0.05, 0) is 23.3 Å². The summed E-state index contributed by atoms with van der Waals surface area (Å²) in [5.74, 6) is 0. The number of halogens is 2. The van der Waals surface area contributed by atoms with Crippen LogP contribution in [0.1, 0.15) is 17.2 Å². The summed E-state index contributed by atoms with van der Waals surface area (Å²) < 4.78 is 0. The van der Waals surface area contributed by atoms with E-state index in [1.54, 1.807) is 18.2 Å². The van der Waals surface area contributed by atoms with Gasteiger partial charge in [0.15, 0.2) is 0 Å². The molecular weight excluding hydrogens is 355 g/mol. The van der Waals surface area contributed by atoms with Gasteiger partial charge in [0.1, 0.15) is 0 Å². The zero-order valence-corrected chi connectivity index (χ0v) is 14.8. The minimum Gasteiger partial charge on any atom is -0.327 e. The lowest BCUT2D eigenvalue weighted by atomic mass is 9.99. The van der Waals surface area contributed by atoms with Gasteiger partial charge in [0.05, 0.1) is 21.8 Å². The molecule has 0 saturated heterocycles. The zero-order valence-electron chi connectivity index (χ0n) is 13.2. The van der Waals surface area contributed by atoms with Crippen LogP contribution in [0.2, 0.25) is 10.0 Å². The Morgan fingerprint density at radius 3 is 1.68 bits per heavy atom. The number of amides is 2. The molecule has 3 aromatic carbocycles. The number of urea groups is 1. The third-order valence-corrected chi connectivity index (χ3v) is 4.37. The Labute approximate surface area is 156 Å². The predicted octanol–water partition coefficient (Wildman–Crippen LogP) is 5.90. The summed E-state index contributed by atoms with van der Waals surface area (Å²) in [6.45, 7) is 0. The largest absolute Gasteiger partial charge is 0.327 e. The molecule has 0 heterocycles. The molecule has 0 aliphatic carbocycles. The third-order valence-electron chi connectivity index (χ3n) is 3.74. The van der Waals surface area contributed by atoms with Crippen molar-refractivity contribution >= 4 is 34.9 Å². The van der Waals surface area contributed by atoms with Crippen LogP contribution in [-0.2, 0) is 0 Å². The standard InChI is InChI=1S/C20H16Cl2N2O/c21-16-12-7-13-17(22)19(16)24-20(25)23-18(14-8-3-1-4-9-14)15-10-5-2-6-11-15/h1-13,18H,(H2,23,24,25). The summed E-state index contributed by atoms with van der Waals surface area (Å²) in [4.78, 5) is 12.5. The van der Waals surface area contributed by atoms with E-state index in [-0.39, 0.29) is 12.1 Å². The summed E-state index contributed by atoms with van der Waals surface area (Å²) in [7, 11) is 0. The molecular formula is C20H16Cl2N2O. The topological polar surface area (TPSA) is 41.1 Å². The highest BCUT2D eigenvalue weighted by Gasteiger charge is 2.17. The summed E-state index contributed by atoms with van der Waals surface area (Å²) in [6.07, 6.45) is 0. The Hall–Kier alpha value is -2.49. The van der Waals surface area contributed by atoms with E-state index in [2.05, 4.69) is 10.6 Å². The van der Waals surface area contributed by atoms with Crippen molar-refractivity contribution in [3.63, 3.8) is 0 Å². The Morgan fingerprint density at radius 2 is 1.20 bits per heavy atom. The molecule has 25 heavy (non-hydrogen) atoms. The molecule has 0 bridgehead atoms. The fourth-order valence-electron chi connectivity index (χ4n) is 2.55. The van der Waals surface area contributed by atoms with E-state index in [0.29, 0.717) is 15.7 Å². The predicted molar refractivity (Wildman–Crippen MR) is 103 cm³/mol. The van der Waals surface area contributed by atoms with Crippen LogP contribution in [-0.4, -0.2) is 6.03 Å². The van der Waals surface area contributed by atoms with Crippen LogP contribution in [0.15, 0.2) is 78.9 Å². The first-order valence-electron chi connectivity index (χ1n) is 7.76. The molecule has 3 rings (SSSR count). The summed E-state index contributed by atoms with van der Waals surface area (Å²) in [5, 5.41) is 6.49. The molecule has 2 N–H and O–H groups in total. The fraction of sp³-hybridized carbons (Fsp3) is 0.0500. The molecule has 0 aromatic heterocycles. The van der Waals surface area contributed by atoms with Gasteiger partial charge >= 0.3 is 6.03 Å². The average Bonchev–Trinajstić information content (AvgIpc) is 2.64. The number of para-hydroxylation sites is 1. The first-order valence-corrected chi connectivity index (χ1v) is 8.52. The van der Waals surface area contributed by atoms with Crippen molar-refractivity contribution in [2.24, 2.45) is 0 Å². The third kappa shape index (κ3) is 4.32. The van der Waals surface area contributed by atoms with Crippen molar-refractivity contribution in [3.05, 3.63) is 100 Å². The van der Waals surface area contributed by atoms with E-state index in [4.69, 9.17) is 23.2 Å². The Kier molecular flexibility index (Phi) is 5.59. The second-order valence-electron chi connectivity index (χ2n) is 5.45. The second kappa shape index (κ2) is 8.06. The van der Waals surface area contributed by atoms with Crippen molar-refractivity contribution < 1.29 is 4.79 Å². The first kappa shape index (κ1) is 17.3. The maximum Gasteiger partial charge on any atom is 0.320 e. The zero-order chi connectivity index (χ0) is 17.6. The van der Waals surface area contributed by atoms with Crippen molar-refractivity contribution in [1.82, 2.24) is 5.32 Å². The quantitative estimate of drug-likeness (QED) is 0.589. The molecule has 0 spiro atoms. The van der Waals surface area contributed by atoms with E-state index in [9.17, 15) is 4.79 Å². The normalized spacial score (nSPS) is 10.5. The number of rotatable bonds is 4. The van der Waals surface area contributed by atoms with Gasteiger partial charge < -0.3 is 10.6 Å². The van der Waals surface area contributed by atoms with Gasteiger partial charge in [0.25, 0.3) is 0 Å². The number of benzene rings is 3. The Bertz CT molecular complexity index is 794. The molecule has 0 aliphatic rings. The van der Waals surface area contributed by atoms with E-state index in [1.165, 1.54) is 0 Å². The molecule has 0 aliphatic heterocycles. The summed E-state index contributed by atoms with van der Waals surface area (Å²) in [6, 6.07) is 23.9. The fourth-order valence-corrected chi connectivity index (χ4v) is 3.04. The maximum atomic E-state index is 12.5. The van der Waals surface area contributed by atoms with Gasteiger partial charge in [-0.15, -0.1) is 0 Å². The molecule has 3 nitrogen and oxygen atoms in total. The van der Waals surface area contributed by atoms with Gasteiger partial charge in [0, 0.05) is 0 Å². The highest BCUT2D eigenvalue weighted by molar-refractivity contribution is 6.39. The molecule has 3 aromatic rings. The Balaban J connectivity index is 1.84. The minimum absolute atomic E-state index is 0.288. The van der Waals surface area contributed by atoms with Crippen molar-refractivity contribution in [1.29, 1.82) is 0 Å². The smallest absolute Gasteiger partial charge is 0.320 e. The van der Waals surface area contributed by atoms with Crippen LogP contribution >= 0.6 is 23.2 Å². The van der Waals surface area contributed by atoms with Crippen LogP contribution < -0.4 is 10.6 Å². The summed E-state index contributed by atoms with van der Waals surface area (Å²) in [5.41, 5.74) is 2.35. The second-order valence-corrected chi connectivity index (χ2v) is 6.26. The SMILES string of the molecule is O=C(Nc1c(Cl)cccc1Cl)NC(c1ccccc1)c1ccccc1. The van der Waals surface area contributed by atoms with Gasteiger partial charge in [-0.2, -0.15) is 0 Å². The van der Waals surface area contributed by atoms with Gasteiger partial charge in [-0.3, -0.25) is 0 Å². The van der Waals surface area contributed by atoms with Gasteiger partial charge in [0.2, 0.25) is 0 Å². The van der Waals surface area contributed by atoms with Crippen LogP contribution in [0.4, 0.5) is 10.5 Å². The van der Waals surface area contributed by atoms with Crippen molar-refractivity contribution in [3.8, 4) is 0 Å². The highest BCUT2D eigenvalue weighted by atomic mass is 35.5. The number of anilines is 1. The number of hydrogen-bond acceptors (Lipinski definition) is 1. The van der Waals surface area contributed by atoms with Crippen LogP contribution in [0, 0.1) is 0 Å². The first-order chi connectivity index (χ1) is 12.1. The average molecular weight is 371 g/mol. The molecule has 0 unspecified atom stereocenters. The molecule has 126 valence electrons. The van der Waals surface area contributed by atoms with Crippen LogP contribution in [0.3, 0.4) is 0 Å². The van der Waals surface area contributed by atoms with Crippen molar-refractivity contribution in [2.45, 2.75) is 6.04 Å². The van der Waals surface area contributed by atoms with E-state index in [0.717, 1.165) is 11.1 Å². The van der Waals surface area contributed by atoms with E-state index >= 15 is 0 Å². The summed E-state index contributed by atoms with van der Waals surface area (Å²) >= 11 is 12.2. The van der Waals surface area contributed by atoms with E-state index < -0.39 is 0 Å². The molecule has 0 radical (unpaired) electrons. The van der Waals surface area contributed by atoms with Gasteiger partial charge in [-0.1, -0.05) is 89.9 Å². The van der Waals surface area contributed by atoms with Crippen molar-refractivity contribution in [2.75, 3.05) is 5.32 Å². The van der Waals surface area contributed by atoms with Crippen LogP contribution in [0.25, 0.3) is 0 Å². The molecule has 0 saturated carbocycles. The molecule has 2 amide bonds. The number of hydrogen-bond donors (Lipinski definition) is 2. The van der Waals surface area contributed by atoms with Gasteiger partial charge in [-0.25, -0.2) is 4.79 Å². The monoisotopic (exact) mass is 370 g/mol. The molecule has 5 heteroatoms. The van der Waals surface area contributed by atoms with Crippen LogP contribution in [0.5, 0.6) is 0 Å². The number of carbonyl (C=O) groups excluding carboxylic acids is 1. The maximum absolute atomic E-state index is 12.5. The minimum atomic E-state index is -0.382.